The minimum absolute atomic E-state index is 0.238. The summed E-state index contributed by atoms with van der Waals surface area (Å²) in [6.07, 6.45) is 2.52. The van der Waals surface area contributed by atoms with Gasteiger partial charge in [-0.1, -0.05) is 61.5 Å². The number of ether oxygens (including phenoxy) is 2. The molecule has 5 rings (SSSR count). The average molecular weight is 567 g/mol. The van der Waals surface area contributed by atoms with Crippen LogP contribution in [0, 0.1) is 0 Å². The van der Waals surface area contributed by atoms with Crippen LogP contribution in [0.2, 0.25) is 0 Å². The van der Waals surface area contributed by atoms with Crippen LogP contribution >= 0.6 is 11.8 Å². The molecule has 1 aliphatic rings. The summed E-state index contributed by atoms with van der Waals surface area (Å²) in [6.45, 7) is 4.38. The largest absolute Gasteiger partial charge is 0.490 e. The van der Waals surface area contributed by atoms with E-state index >= 15 is 0 Å². The van der Waals surface area contributed by atoms with Gasteiger partial charge in [-0.3, -0.25) is 19.3 Å². The fourth-order valence-corrected chi connectivity index (χ4v) is 5.29. The van der Waals surface area contributed by atoms with Gasteiger partial charge in [0, 0.05) is 5.69 Å². The van der Waals surface area contributed by atoms with E-state index in [1.165, 1.54) is 5.39 Å². The Kier molecular flexibility index (Phi) is 8.70. The first-order valence-electron chi connectivity index (χ1n) is 13.4. The number of aryl methyl sites for hydroxylation is 1. The molecular weight excluding hydrogens is 536 g/mol. The van der Waals surface area contributed by atoms with E-state index in [9.17, 15) is 14.4 Å². The molecular formula is C33H30N2O5S. The van der Waals surface area contributed by atoms with Crippen LogP contribution < -0.4 is 14.8 Å². The first-order chi connectivity index (χ1) is 19.9. The number of amides is 3. The summed E-state index contributed by atoms with van der Waals surface area (Å²) in [6, 6.07) is 27.2. The fourth-order valence-electron chi connectivity index (χ4n) is 4.45. The molecule has 0 radical (unpaired) electrons. The van der Waals surface area contributed by atoms with E-state index in [1.807, 2.05) is 44.2 Å². The zero-order valence-electron chi connectivity index (χ0n) is 22.9. The number of anilines is 1. The van der Waals surface area contributed by atoms with Gasteiger partial charge in [0.1, 0.15) is 13.2 Å². The first-order valence-corrected chi connectivity index (χ1v) is 14.3. The summed E-state index contributed by atoms with van der Waals surface area (Å²) in [5.41, 5.74) is 3.47. The molecule has 1 fully saturated rings. The van der Waals surface area contributed by atoms with Crippen molar-refractivity contribution in [1.82, 2.24) is 4.90 Å². The topological polar surface area (TPSA) is 84.9 Å². The second-order valence-corrected chi connectivity index (χ2v) is 10.5. The number of fused-ring (bicyclic) bond motifs is 1. The Morgan fingerprint density at radius 3 is 2.37 bits per heavy atom. The molecule has 0 bridgehead atoms. The predicted octanol–water partition coefficient (Wildman–Crippen LogP) is 7.05. The molecule has 0 atom stereocenters. The Morgan fingerprint density at radius 1 is 0.854 bits per heavy atom. The molecule has 8 heteroatoms. The minimum Gasteiger partial charge on any atom is -0.490 e. The maximum atomic E-state index is 13.0. The molecule has 208 valence electrons. The van der Waals surface area contributed by atoms with Gasteiger partial charge < -0.3 is 14.8 Å². The van der Waals surface area contributed by atoms with Crippen LogP contribution in [0.5, 0.6) is 11.5 Å². The highest BCUT2D eigenvalue weighted by atomic mass is 32.2. The minimum atomic E-state index is -0.508. The SMILES string of the molecule is CCOc1cc(/C=C2/SC(=O)N(CC(=O)Nc3ccc(CC)cc3)C2=O)ccc1OCc1ccc2ccccc2c1. The van der Waals surface area contributed by atoms with E-state index in [2.05, 4.69) is 29.6 Å². The molecule has 0 aromatic heterocycles. The smallest absolute Gasteiger partial charge is 0.294 e. The van der Waals surface area contributed by atoms with E-state index in [1.54, 1.807) is 36.4 Å². The van der Waals surface area contributed by atoms with Gasteiger partial charge >= 0.3 is 0 Å². The quantitative estimate of drug-likeness (QED) is 0.207. The predicted molar refractivity (Wildman–Crippen MR) is 163 cm³/mol. The second-order valence-electron chi connectivity index (χ2n) is 9.48. The monoisotopic (exact) mass is 566 g/mol. The summed E-state index contributed by atoms with van der Waals surface area (Å²) in [4.78, 5) is 39.3. The lowest BCUT2D eigenvalue weighted by Gasteiger charge is -2.13. The van der Waals surface area contributed by atoms with E-state index in [0.29, 0.717) is 36.0 Å². The van der Waals surface area contributed by atoms with Crippen LogP contribution in [0.25, 0.3) is 16.8 Å². The number of nitrogens with one attached hydrogen (secondary N) is 1. The van der Waals surface area contributed by atoms with E-state index in [4.69, 9.17) is 9.47 Å². The van der Waals surface area contributed by atoms with Crippen molar-refractivity contribution < 1.29 is 23.9 Å². The molecule has 0 saturated carbocycles. The van der Waals surface area contributed by atoms with Gasteiger partial charge in [0.15, 0.2) is 11.5 Å². The van der Waals surface area contributed by atoms with Gasteiger partial charge in [-0.25, -0.2) is 0 Å². The molecule has 0 aliphatic carbocycles. The number of nitrogens with zero attached hydrogens (tertiary/aromatic N) is 1. The van der Waals surface area contributed by atoms with Gasteiger partial charge in [-0.15, -0.1) is 0 Å². The lowest BCUT2D eigenvalue weighted by molar-refractivity contribution is -0.127. The van der Waals surface area contributed by atoms with Crippen LogP contribution in [0.4, 0.5) is 10.5 Å². The van der Waals surface area contributed by atoms with Crippen molar-refractivity contribution in [2.24, 2.45) is 0 Å². The molecule has 1 N–H and O–H groups in total. The van der Waals surface area contributed by atoms with Crippen LogP contribution in [0.15, 0.2) is 89.8 Å². The zero-order chi connectivity index (χ0) is 28.8. The van der Waals surface area contributed by atoms with Crippen molar-refractivity contribution >= 4 is 51.4 Å². The first kappa shape index (κ1) is 28.0. The number of hydrogen-bond donors (Lipinski definition) is 1. The lowest BCUT2D eigenvalue weighted by Crippen LogP contribution is -2.36. The summed E-state index contributed by atoms with van der Waals surface area (Å²) >= 11 is 0.808. The third-order valence-electron chi connectivity index (χ3n) is 6.59. The lowest BCUT2D eigenvalue weighted by atomic mass is 10.1. The molecule has 1 saturated heterocycles. The number of benzene rings is 4. The second kappa shape index (κ2) is 12.7. The third kappa shape index (κ3) is 6.78. The maximum absolute atomic E-state index is 13.0. The van der Waals surface area contributed by atoms with Crippen molar-refractivity contribution in [2.75, 3.05) is 18.5 Å². The van der Waals surface area contributed by atoms with E-state index in [-0.39, 0.29) is 11.4 Å². The van der Waals surface area contributed by atoms with Crippen molar-refractivity contribution in [3.8, 4) is 11.5 Å². The number of thioether (sulfide) groups is 1. The summed E-state index contributed by atoms with van der Waals surface area (Å²) in [5, 5.41) is 4.57. The summed E-state index contributed by atoms with van der Waals surface area (Å²) in [5.74, 6) is 0.166. The Morgan fingerprint density at radius 2 is 1.61 bits per heavy atom. The summed E-state index contributed by atoms with van der Waals surface area (Å²) in [7, 11) is 0. The maximum Gasteiger partial charge on any atom is 0.294 e. The van der Waals surface area contributed by atoms with Crippen LogP contribution in [0.1, 0.15) is 30.5 Å². The van der Waals surface area contributed by atoms with Crippen molar-refractivity contribution in [2.45, 2.75) is 26.9 Å². The fraction of sp³-hybridized carbons (Fsp3) is 0.182. The van der Waals surface area contributed by atoms with Gasteiger partial charge in [0.25, 0.3) is 11.1 Å². The highest BCUT2D eigenvalue weighted by molar-refractivity contribution is 8.18. The van der Waals surface area contributed by atoms with Gasteiger partial charge in [0.2, 0.25) is 5.91 Å². The molecule has 1 heterocycles. The normalized spacial score (nSPS) is 14.1. The number of rotatable bonds is 10. The van der Waals surface area contributed by atoms with Crippen molar-refractivity contribution in [3.63, 3.8) is 0 Å². The average Bonchev–Trinajstić information content (AvgIpc) is 3.24. The molecule has 3 amide bonds. The number of carbonyl (C=O) groups is 3. The van der Waals surface area contributed by atoms with Crippen LogP contribution in [-0.4, -0.2) is 35.1 Å². The van der Waals surface area contributed by atoms with E-state index < -0.39 is 17.1 Å². The molecule has 7 nitrogen and oxygen atoms in total. The number of hydrogen-bond acceptors (Lipinski definition) is 6. The molecule has 0 unspecified atom stereocenters. The third-order valence-corrected chi connectivity index (χ3v) is 7.50. The number of carbonyl (C=O) groups excluding carboxylic acids is 3. The standard InChI is InChI=1S/C33H30N2O5S/c1-3-22-10-14-27(15-11-22)34-31(36)20-35-32(37)30(41-33(35)38)19-23-12-16-28(29(18-23)39-4-2)40-21-24-9-13-25-7-5-6-8-26(25)17-24/h5-19H,3-4,20-21H2,1-2H3,(H,34,36)/b30-19+. The Labute approximate surface area is 243 Å². The number of imide groups is 1. The van der Waals surface area contributed by atoms with Gasteiger partial charge in [-0.2, -0.15) is 0 Å². The molecule has 4 aromatic carbocycles. The molecule has 0 spiro atoms. The zero-order valence-corrected chi connectivity index (χ0v) is 23.7. The Hall–Kier alpha value is -4.56. The van der Waals surface area contributed by atoms with Crippen LogP contribution in [0.3, 0.4) is 0 Å². The Balaban J connectivity index is 1.25. The molecule has 41 heavy (non-hydrogen) atoms. The van der Waals surface area contributed by atoms with Gasteiger partial charge in [0.05, 0.1) is 11.5 Å². The molecule has 4 aromatic rings. The van der Waals surface area contributed by atoms with Crippen LogP contribution in [-0.2, 0) is 22.6 Å². The molecule has 1 aliphatic heterocycles. The van der Waals surface area contributed by atoms with Crippen molar-refractivity contribution in [1.29, 1.82) is 0 Å². The van der Waals surface area contributed by atoms with Crippen molar-refractivity contribution in [3.05, 3.63) is 107 Å². The van der Waals surface area contributed by atoms with E-state index in [0.717, 1.165) is 39.6 Å². The highest BCUT2D eigenvalue weighted by Crippen LogP contribution is 2.35. The Bertz CT molecular complexity index is 1630. The highest BCUT2D eigenvalue weighted by Gasteiger charge is 2.36. The summed E-state index contributed by atoms with van der Waals surface area (Å²) < 4.78 is 11.9. The van der Waals surface area contributed by atoms with Gasteiger partial charge in [-0.05, 0) is 89.0 Å².